The van der Waals surface area contributed by atoms with Crippen molar-refractivity contribution in [3.63, 3.8) is 0 Å². The van der Waals surface area contributed by atoms with Gasteiger partial charge in [0.25, 0.3) is 0 Å². The Morgan fingerprint density at radius 3 is 2.75 bits per heavy atom. The number of rotatable bonds is 5. The Kier molecular flexibility index (Phi) is 5.25. The fourth-order valence-corrected chi connectivity index (χ4v) is 3.57. The van der Waals surface area contributed by atoms with Crippen molar-refractivity contribution in [3.8, 4) is 0 Å². The van der Waals surface area contributed by atoms with E-state index in [1.807, 2.05) is 6.20 Å². The van der Waals surface area contributed by atoms with Gasteiger partial charge in [-0.05, 0) is 36.7 Å². The van der Waals surface area contributed by atoms with Crippen LogP contribution in [0.1, 0.15) is 65.5 Å². The van der Waals surface area contributed by atoms with Crippen LogP contribution in [0, 0.1) is 11.3 Å². The van der Waals surface area contributed by atoms with Gasteiger partial charge in [-0.1, -0.05) is 40.5 Å². The molecule has 1 aromatic rings. The fraction of sp³-hybridized carbons (Fsp3) is 0.824. The van der Waals surface area contributed by atoms with E-state index in [-0.39, 0.29) is 0 Å². The molecule has 1 saturated carbocycles. The van der Waals surface area contributed by atoms with Crippen LogP contribution in [-0.2, 0) is 13.1 Å². The van der Waals surface area contributed by atoms with E-state index in [0.717, 1.165) is 25.4 Å². The highest BCUT2D eigenvalue weighted by Gasteiger charge is 2.33. The van der Waals surface area contributed by atoms with E-state index in [1.165, 1.54) is 31.4 Å². The average molecular weight is 277 g/mol. The summed E-state index contributed by atoms with van der Waals surface area (Å²) >= 11 is 0. The van der Waals surface area contributed by atoms with Gasteiger partial charge in [-0.3, -0.25) is 4.68 Å². The van der Waals surface area contributed by atoms with E-state index in [1.54, 1.807) is 0 Å². The van der Waals surface area contributed by atoms with Crippen LogP contribution in [0.5, 0.6) is 0 Å². The number of hydrogen-bond acceptors (Lipinski definition) is 2. The molecule has 2 unspecified atom stereocenters. The van der Waals surface area contributed by atoms with Crippen LogP contribution < -0.4 is 5.32 Å². The van der Waals surface area contributed by atoms with Gasteiger partial charge in [0.15, 0.2) is 0 Å². The molecule has 2 rings (SSSR count). The normalized spacial score (nSPS) is 24.0. The molecule has 1 aliphatic rings. The molecule has 1 heterocycles. The van der Waals surface area contributed by atoms with Crippen molar-refractivity contribution in [2.75, 3.05) is 0 Å². The van der Waals surface area contributed by atoms with Gasteiger partial charge >= 0.3 is 0 Å². The van der Waals surface area contributed by atoms with Crippen LogP contribution >= 0.6 is 0 Å². The molecule has 0 radical (unpaired) electrons. The average Bonchev–Trinajstić information content (AvgIpc) is 2.83. The zero-order valence-corrected chi connectivity index (χ0v) is 13.7. The molecular formula is C17H31N3. The fourth-order valence-electron chi connectivity index (χ4n) is 3.57. The maximum atomic E-state index is 4.41. The van der Waals surface area contributed by atoms with Crippen LogP contribution in [0.2, 0.25) is 0 Å². The minimum absolute atomic E-state index is 0.405. The summed E-state index contributed by atoms with van der Waals surface area (Å²) in [5.74, 6) is 0.791. The summed E-state index contributed by atoms with van der Waals surface area (Å²) in [7, 11) is 0. The van der Waals surface area contributed by atoms with Gasteiger partial charge < -0.3 is 5.32 Å². The lowest BCUT2D eigenvalue weighted by Gasteiger charge is -2.41. The predicted octanol–water partition coefficient (Wildman–Crippen LogP) is 3.99. The Morgan fingerprint density at radius 1 is 1.30 bits per heavy atom. The Bertz CT molecular complexity index is 403. The molecule has 3 heteroatoms. The lowest BCUT2D eigenvalue weighted by molar-refractivity contribution is 0.129. The van der Waals surface area contributed by atoms with Crippen LogP contribution in [-0.4, -0.2) is 15.8 Å². The molecule has 0 aromatic carbocycles. The standard InChI is InChI=1S/C17H31N3/c1-5-12-20-14(10-11-19-20)13-18-16-9-7-6-8-15(16)17(2,3)4/h10-11,15-16,18H,5-9,12-13H2,1-4H3. The molecular weight excluding hydrogens is 246 g/mol. The molecule has 1 aliphatic carbocycles. The van der Waals surface area contributed by atoms with Gasteiger partial charge in [0.05, 0.1) is 5.69 Å². The highest BCUT2D eigenvalue weighted by atomic mass is 15.3. The monoisotopic (exact) mass is 277 g/mol. The first-order chi connectivity index (χ1) is 9.52. The van der Waals surface area contributed by atoms with Crippen LogP contribution in [0.15, 0.2) is 12.3 Å². The maximum absolute atomic E-state index is 4.41. The van der Waals surface area contributed by atoms with Crippen molar-refractivity contribution >= 4 is 0 Å². The van der Waals surface area contributed by atoms with Gasteiger partial charge in [-0.25, -0.2) is 0 Å². The van der Waals surface area contributed by atoms with Gasteiger partial charge in [0, 0.05) is 25.3 Å². The molecule has 1 aromatic heterocycles. The van der Waals surface area contributed by atoms with Gasteiger partial charge in [-0.2, -0.15) is 5.10 Å². The molecule has 114 valence electrons. The van der Waals surface area contributed by atoms with Crippen LogP contribution in [0.25, 0.3) is 0 Å². The van der Waals surface area contributed by atoms with Crippen molar-refractivity contribution in [3.05, 3.63) is 18.0 Å². The van der Waals surface area contributed by atoms with Crippen LogP contribution in [0.4, 0.5) is 0 Å². The summed E-state index contributed by atoms with van der Waals surface area (Å²) in [6, 6.07) is 2.81. The molecule has 1 N–H and O–H groups in total. The second-order valence-corrected chi connectivity index (χ2v) is 7.29. The van der Waals surface area contributed by atoms with Crippen LogP contribution in [0.3, 0.4) is 0 Å². The Hall–Kier alpha value is -0.830. The van der Waals surface area contributed by atoms with E-state index in [2.05, 4.69) is 48.9 Å². The van der Waals surface area contributed by atoms with Crippen molar-refractivity contribution < 1.29 is 0 Å². The molecule has 0 bridgehead atoms. The maximum Gasteiger partial charge on any atom is 0.0522 e. The first kappa shape index (κ1) is 15.6. The number of nitrogens with zero attached hydrogens (tertiary/aromatic N) is 2. The largest absolute Gasteiger partial charge is 0.308 e. The summed E-state index contributed by atoms with van der Waals surface area (Å²) in [4.78, 5) is 0. The third-order valence-electron chi connectivity index (χ3n) is 4.66. The number of nitrogens with one attached hydrogen (secondary N) is 1. The Balaban J connectivity index is 1.95. The van der Waals surface area contributed by atoms with Gasteiger partial charge in [-0.15, -0.1) is 0 Å². The summed E-state index contributed by atoms with van der Waals surface area (Å²) in [6.07, 6.45) is 8.53. The molecule has 0 aliphatic heterocycles. The number of aryl methyl sites for hydroxylation is 1. The smallest absolute Gasteiger partial charge is 0.0522 e. The summed E-state index contributed by atoms with van der Waals surface area (Å²) < 4.78 is 2.14. The number of hydrogen-bond donors (Lipinski definition) is 1. The third kappa shape index (κ3) is 3.85. The SMILES string of the molecule is CCCn1nccc1CNC1CCCCC1C(C)(C)C. The molecule has 0 spiro atoms. The quantitative estimate of drug-likeness (QED) is 0.882. The molecule has 1 fully saturated rings. The second kappa shape index (κ2) is 6.75. The van der Waals surface area contributed by atoms with E-state index in [9.17, 15) is 0 Å². The molecule has 20 heavy (non-hydrogen) atoms. The van der Waals surface area contributed by atoms with E-state index >= 15 is 0 Å². The van der Waals surface area contributed by atoms with Crippen molar-refractivity contribution in [2.45, 2.75) is 78.9 Å². The lowest BCUT2D eigenvalue weighted by atomic mass is 9.69. The zero-order chi connectivity index (χ0) is 14.6. The van der Waals surface area contributed by atoms with Crippen molar-refractivity contribution in [2.24, 2.45) is 11.3 Å². The van der Waals surface area contributed by atoms with Gasteiger partial charge in [0.2, 0.25) is 0 Å². The third-order valence-corrected chi connectivity index (χ3v) is 4.66. The molecule has 3 nitrogen and oxygen atoms in total. The first-order valence-corrected chi connectivity index (χ1v) is 8.26. The summed E-state index contributed by atoms with van der Waals surface area (Å²) in [6.45, 7) is 11.3. The zero-order valence-electron chi connectivity index (χ0n) is 13.7. The van der Waals surface area contributed by atoms with E-state index in [0.29, 0.717) is 11.5 Å². The van der Waals surface area contributed by atoms with E-state index in [4.69, 9.17) is 0 Å². The topological polar surface area (TPSA) is 29.9 Å². The van der Waals surface area contributed by atoms with Crippen molar-refractivity contribution in [1.29, 1.82) is 0 Å². The highest BCUT2D eigenvalue weighted by Crippen LogP contribution is 2.38. The Morgan fingerprint density at radius 2 is 2.05 bits per heavy atom. The second-order valence-electron chi connectivity index (χ2n) is 7.29. The summed E-state index contributed by atoms with van der Waals surface area (Å²) in [5, 5.41) is 8.23. The van der Waals surface area contributed by atoms with Gasteiger partial charge in [0.1, 0.15) is 0 Å². The molecule has 0 amide bonds. The van der Waals surface area contributed by atoms with Crippen molar-refractivity contribution in [1.82, 2.24) is 15.1 Å². The summed E-state index contributed by atoms with van der Waals surface area (Å²) in [5.41, 5.74) is 1.73. The predicted molar refractivity (Wildman–Crippen MR) is 84.6 cm³/mol. The highest BCUT2D eigenvalue weighted by molar-refractivity contribution is 5.01. The molecule has 0 saturated heterocycles. The first-order valence-electron chi connectivity index (χ1n) is 8.26. The number of aromatic nitrogens is 2. The molecule has 2 atom stereocenters. The Labute approximate surface area is 124 Å². The minimum atomic E-state index is 0.405. The minimum Gasteiger partial charge on any atom is -0.308 e. The van der Waals surface area contributed by atoms with E-state index < -0.39 is 0 Å². The lowest BCUT2D eigenvalue weighted by Crippen LogP contribution is -2.44.